The Morgan fingerprint density at radius 2 is 1.97 bits per heavy atom. The molecule has 1 amide bonds. The summed E-state index contributed by atoms with van der Waals surface area (Å²) in [6.07, 6.45) is 2.47. The standard InChI is InChI=1S/C22H23FN4O3S/c1-12-3-6-18(17(23)9-12)25-22(28)16-10-19(14-4-5-14)24-21-20(16)13(2)26-27(21)15-7-8-31(29,30)11-15/h3,6,9-10,14-15H,4-5,7-8,11H2,1-2H3,(H,25,28)/t15-/m1/s1. The number of carbonyl (C=O) groups is 1. The number of nitrogens with zero attached hydrogens (tertiary/aromatic N) is 3. The highest BCUT2D eigenvalue weighted by Gasteiger charge is 2.34. The van der Waals surface area contributed by atoms with Crippen LogP contribution in [0.3, 0.4) is 0 Å². The van der Waals surface area contributed by atoms with Crippen LogP contribution >= 0.6 is 0 Å². The van der Waals surface area contributed by atoms with Crippen molar-refractivity contribution in [3.8, 4) is 0 Å². The van der Waals surface area contributed by atoms with Gasteiger partial charge in [0.2, 0.25) is 0 Å². The van der Waals surface area contributed by atoms with Crippen molar-refractivity contribution in [3.63, 3.8) is 0 Å². The number of aryl methyl sites for hydroxylation is 2. The van der Waals surface area contributed by atoms with Gasteiger partial charge in [-0.15, -0.1) is 0 Å². The van der Waals surface area contributed by atoms with E-state index in [1.807, 2.05) is 0 Å². The van der Waals surface area contributed by atoms with Gasteiger partial charge in [0, 0.05) is 11.6 Å². The molecule has 5 rings (SSSR count). The largest absolute Gasteiger partial charge is 0.319 e. The molecule has 1 aromatic carbocycles. The number of sulfone groups is 1. The quantitative estimate of drug-likeness (QED) is 0.665. The summed E-state index contributed by atoms with van der Waals surface area (Å²) < 4.78 is 40.0. The number of halogens is 1. The monoisotopic (exact) mass is 442 g/mol. The molecule has 2 aromatic heterocycles. The number of amides is 1. The number of aromatic nitrogens is 3. The maximum absolute atomic E-state index is 14.3. The van der Waals surface area contributed by atoms with Gasteiger partial charge in [0.1, 0.15) is 5.82 Å². The summed E-state index contributed by atoms with van der Waals surface area (Å²) in [6.45, 7) is 3.56. The molecule has 1 saturated heterocycles. The maximum atomic E-state index is 14.3. The number of nitrogens with one attached hydrogen (secondary N) is 1. The first kappa shape index (κ1) is 20.1. The average molecular weight is 443 g/mol. The Morgan fingerprint density at radius 3 is 2.61 bits per heavy atom. The molecule has 31 heavy (non-hydrogen) atoms. The highest BCUT2D eigenvalue weighted by molar-refractivity contribution is 7.91. The van der Waals surface area contributed by atoms with Crippen molar-refractivity contribution in [3.05, 3.63) is 52.6 Å². The molecule has 3 heterocycles. The second kappa shape index (κ2) is 7.12. The fourth-order valence-electron chi connectivity index (χ4n) is 4.23. The molecule has 0 unspecified atom stereocenters. The van der Waals surface area contributed by atoms with E-state index in [9.17, 15) is 17.6 Å². The van der Waals surface area contributed by atoms with E-state index < -0.39 is 21.6 Å². The molecule has 0 radical (unpaired) electrons. The Bertz CT molecular complexity index is 1330. The fraction of sp³-hybridized carbons (Fsp3) is 0.409. The van der Waals surface area contributed by atoms with Gasteiger partial charge in [-0.05, 0) is 56.9 Å². The van der Waals surface area contributed by atoms with E-state index in [2.05, 4.69) is 10.4 Å². The van der Waals surface area contributed by atoms with E-state index in [-0.39, 0.29) is 29.2 Å². The number of carbonyl (C=O) groups excluding carboxylic acids is 1. The SMILES string of the molecule is Cc1ccc(NC(=O)c2cc(C3CC3)nc3c2c(C)nn3[C@@H]2CCS(=O)(=O)C2)c(F)c1. The van der Waals surface area contributed by atoms with Gasteiger partial charge in [0.05, 0.1) is 39.9 Å². The molecule has 1 N–H and O–H groups in total. The van der Waals surface area contributed by atoms with E-state index >= 15 is 0 Å². The van der Waals surface area contributed by atoms with Crippen molar-refractivity contribution >= 4 is 32.5 Å². The smallest absolute Gasteiger partial charge is 0.256 e. The number of hydrogen-bond donors (Lipinski definition) is 1. The zero-order valence-corrected chi connectivity index (χ0v) is 18.2. The number of fused-ring (bicyclic) bond motifs is 1. The van der Waals surface area contributed by atoms with Crippen LogP contribution in [0.5, 0.6) is 0 Å². The minimum atomic E-state index is -3.10. The third-order valence-corrected chi connectivity index (χ3v) is 7.77. The zero-order valence-electron chi connectivity index (χ0n) is 17.4. The second-order valence-corrected chi connectivity index (χ2v) is 10.8. The molecule has 1 saturated carbocycles. The van der Waals surface area contributed by atoms with Gasteiger partial charge in [-0.3, -0.25) is 4.79 Å². The lowest BCUT2D eigenvalue weighted by atomic mass is 10.1. The van der Waals surface area contributed by atoms with Crippen LogP contribution in [-0.2, 0) is 9.84 Å². The highest BCUT2D eigenvalue weighted by atomic mass is 32.2. The molecular formula is C22H23FN4O3S. The van der Waals surface area contributed by atoms with Crippen LogP contribution in [0, 0.1) is 19.7 Å². The molecular weight excluding hydrogens is 419 g/mol. The predicted molar refractivity (Wildman–Crippen MR) is 116 cm³/mol. The van der Waals surface area contributed by atoms with Gasteiger partial charge in [-0.25, -0.2) is 22.5 Å². The summed E-state index contributed by atoms with van der Waals surface area (Å²) in [5.41, 5.74) is 3.18. The Kier molecular flexibility index (Phi) is 4.62. The summed E-state index contributed by atoms with van der Waals surface area (Å²) >= 11 is 0. The fourth-order valence-corrected chi connectivity index (χ4v) is 5.93. The van der Waals surface area contributed by atoms with E-state index in [0.717, 1.165) is 24.1 Å². The highest BCUT2D eigenvalue weighted by Crippen LogP contribution is 2.41. The van der Waals surface area contributed by atoms with Gasteiger partial charge in [-0.2, -0.15) is 5.10 Å². The molecule has 2 aliphatic rings. The molecule has 0 spiro atoms. The number of hydrogen-bond acceptors (Lipinski definition) is 5. The second-order valence-electron chi connectivity index (χ2n) is 8.59. The molecule has 162 valence electrons. The van der Waals surface area contributed by atoms with Crippen LogP contribution in [0.1, 0.15) is 58.5 Å². The van der Waals surface area contributed by atoms with Crippen LogP contribution in [0.2, 0.25) is 0 Å². The molecule has 7 nitrogen and oxygen atoms in total. The van der Waals surface area contributed by atoms with Crippen LogP contribution < -0.4 is 5.32 Å². The lowest BCUT2D eigenvalue weighted by Gasteiger charge is -2.12. The summed E-state index contributed by atoms with van der Waals surface area (Å²) in [6, 6.07) is 6.12. The van der Waals surface area contributed by atoms with E-state index in [0.29, 0.717) is 28.7 Å². The van der Waals surface area contributed by atoms with Gasteiger partial charge in [0.15, 0.2) is 15.5 Å². The summed E-state index contributed by atoms with van der Waals surface area (Å²) in [7, 11) is -3.10. The number of benzene rings is 1. The zero-order chi connectivity index (χ0) is 21.9. The van der Waals surface area contributed by atoms with Gasteiger partial charge < -0.3 is 5.32 Å². The molecule has 1 aliphatic carbocycles. The molecule has 1 atom stereocenters. The number of anilines is 1. The average Bonchev–Trinajstić information content (AvgIpc) is 3.43. The Labute approximate surface area is 179 Å². The molecule has 3 aromatic rings. The van der Waals surface area contributed by atoms with Crippen LogP contribution in [0.25, 0.3) is 11.0 Å². The Morgan fingerprint density at radius 1 is 1.19 bits per heavy atom. The van der Waals surface area contributed by atoms with E-state index in [1.54, 1.807) is 36.7 Å². The first-order valence-corrected chi connectivity index (χ1v) is 12.2. The van der Waals surface area contributed by atoms with Gasteiger partial charge in [-0.1, -0.05) is 6.07 Å². The van der Waals surface area contributed by atoms with E-state index in [4.69, 9.17) is 4.98 Å². The van der Waals surface area contributed by atoms with Crippen molar-refractivity contribution in [2.75, 3.05) is 16.8 Å². The topological polar surface area (TPSA) is 93.9 Å². The lowest BCUT2D eigenvalue weighted by Crippen LogP contribution is -2.16. The van der Waals surface area contributed by atoms with Crippen LogP contribution in [0.4, 0.5) is 10.1 Å². The lowest BCUT2D eigenvalue weighted by molar-refractivity contribution is 0.102. The first-order valence-electron chi connectivity index (χ1n) is 10.4. The minimum Gasteiger partial charge on any atom is -0.319 e. The normalized spacial score (nSPS) is 20.3. The molecule has 0 bridgehead atoms. The number of pyridine rings is 1. The van der Waals surface area contributed by atoms with Gasteiger partial charge in [0.25, 0.3) is 5.91 Å². The van der Waals surface area contributed by atoms with Crippen molar-refractivity contribution in [1.29, 1.82) is 0 Å². The third kappa shape index (κ3) is 3.71. The molecule has 1 aliphatic heterocycles. The number of rotatable bonds is 4. The summed E-state index contributed by atoms with van der Waals surface area (Å²) in [5.74, 6) is -0.499. The minimum absolute atomic E-state index is 0.0225. The maximum Gasteiger partial charge on any atom is 0.256 e. The Hall–Kier alpha value is -2.81. The van der Waals surface area contributed by atoms with Crippen molar-refractivity contribution in [2.24, 2.45) is 0 Å². The summed E-state index contributed by atoms with van der Waals surface area (Å²) in [4.78, 5) is 18.0. The van der Waals surface area contributed by atoms with Crippen molar-refractivity contribution in [1.82, 2.24) is 14.8 Å². The summed E-state index contributed by atoms with van der Waals surface area (Å²) in [5, 5.41) is 7.83. The van der Waals surface area contributed by atoms with Crippen LogP contribution in [0.15, 0.2) is 24.3 Å². The van der Waals surface area contributed by atoms with E-state index in [1.165, 1.54) is 6.07 Å². The first-order chi connectivity index (χ1) is 14.7. The van der Waals surface area contributed by atoms with Gasteiger partial charge >= 0.3 is 0 Å². The molecule has 2 fully saturated rings. The predicted octanol–water partition coefficient (Wildman–Crippen LogP) is 3.68. The third-order valence-electron chi connectivity index (χ3n) is 6.02. The van der Waals surface area contributed by atoms with Crippen molar-refractivity contribution < 1.29 is 17.6 Å². The van der Waals surface area contributed by atoms with Crippen LogP contribution in [-0.4, -0.2) is 40.6 Å². The Balaban J connectivity index is 1.61. The molecule has 9 heteroatoms. The van der Waals surface area contributed by atoms with Crippen molar-refractivity contribution in [2.45, 2.75) is 45.1 Å².